The van der Waals surface area contributed by atoms with Crippen LogP contribution in [-0.2, 0) is 4.79 Å². The van der Waals surface area contributed by atoms with Crippen LogP contribution in [0.3, 0.4) is 0 Å². The molecule has 0 spiro atoms. The van der Waals surface area contributed by atoms with E-state index in [0.717, 1.165) is 11.3 Å². The number of thiophene rings is 1. The maximum Gasteiger partial charge on any atom is 0.261 e. The van der Waals surface area contributed by atoms with E-state index in [4.69, 9.17) is 11.6 Å². The predicted octanol–water partition coefficient (Wildman–Crippen LogP) is 2.92. The molecule has 2 amide bonds. The lowest BCUT2D eigenvalue weighted by Gasteiger charge is -2.08. The van der Waals surface area contributed by atoms with Crippen LogP contribution in [-0.4, -0.2) is 22.9 Å². The zero-order valence-electron chi connectivity index (χ0n) is 13.4. The number of pyridine rings is 1. The third-order valence-electron chi connectivity index (χ3n) is 3.46. The van der Waals surface area contributed by atoms with E-state index in [-0.39, 0.29) is 23.9 Å². The molecule has 0 radical (unpaired) electrons. The van der Waals surface area contributed by atoms with Crippen molar-refractivity contribution >= 4 is 40.4 Å². The van der Waals surface area contributed by atoms with Gasteiger partial charge >= 0.3 is 0 Å². The molecule has 8 heteroatoms. The lowest BCUT2D eigenvalue weighted by atomic mass is 10.2. The molecule has 2 aromatic heterocycles. The van der Waals surface area contributed by atoms with Crippen LogP contribution in [0.4, 0.5) is 5.69 Å². The highest BCUT2D eigenvalue weighted by atomic mass is 35.5. The predicted molar refractivity (Wildman–Crippen MR) is 102 cm³/mol. The molecule has 0 fully saturated rings. The summed E-state index contributed by atoms with van der Waals surface area (Å²) in [6.07, 6.45) is 1.67. The van der Waals surface area contributed by atoms with Crippen molar-refractivity contribution in [2.45, 2.75) is 0 Å². The number of rotatable bonds is 5. The van der Waals surface area contributed by atoms with Gasteiger partial charge in [-0.15, -0.1) is 11.3 Å². The number of carbonyl (C=O) groups excluding carboxylic acids is 2. The molecule has 3 rings (SSSR count). The van der Waals surface area contributed by atoms with Gasteiger partial charge in [-0.05, 0) is 42.5 Å². The van der Waals surface area contributed by atoms with Crippen molar-refractivity contribution in [3.05, 3.63) is 80.4 Å². The summed E-state index contributed by atoms with van der Waals surface area (Å²) in [5, 5.41) is 5.22. The number of carbonyl (C=O) groups is 2. The molecule has 6 nitrogen and oxygen atoms in total. The van der Waals surface area contributed by atoms with Crippen molar-refractivity contribution in [2.24, 2.45) is 0 Å². The second-order valence-electron chi connectivity index (χ2n) is 5.29. The normalized spacial score (nSPS) is 10.3. The van der Waals surface area contributed by atoms with E-state index in [9.17, 15) is 14.4 Å². The molecule has 0 aliphatic rings. The summed E-state index contributed by atoms with van der Waals surface area (Å²) in [6, 6.07) is 15.0. The standard InChI is InChI=1S/C18H14ClN3O3S/c19-15-9-8-14(26-15)18(25)20-11-16(23)21-12-4-6-13(7-5-12)22-10-2-1-3-17(22)24/h1-10H,11H2,(H,20,25)(H,21,23). The Kier molecular flexibility index (Phi) is 5.50. The zero-order valence-corrected chi connectivity index (χ0v) is 15.0. The summed E-state index contributed by atoms with van der Waals surface area (Å²) in [4.78, 5) is 36.1. The number of aromatic nitrogens is 1. The lowest BCUT2D eigenvalue weighted by Crippen LogP contribution is -2.32. The minimum atomic E-state index is -0.356. The summed E-state index contributed by atoms with van der Waals surface area (Å²) in [7, 11) is 0. The molecular weight excluding hydrogens is 374 g/mol. The largest absolute Gasteiger partial charge is 0.342 e. The molecule has 0 aliphatic heterocycles. The molecule has 3 aromatic rings. The molecule has 0 atom stereocenters. The number of nitrogens with one attached hydrogen (secondary N) is 2. The second kappa shape index (κ2) is 7.99. The highest BCUT2D eigenvalue weighted by Crippen LogP contribution is 2.21. The zero-order chi connectivity index (χ0) is 18.5. The van der Waals surface area contributed by atoms with Gasteiger partial charge in [0, 0.05) is 23.6 Å². The molecule has 0 aliphatic carbocycles. The Morgan fingerprint density at radius 3 is 2.46 bits per heavy atom. The van der Waals surface area contributed by atoms with Crippen molar-refractivity contribution in [1.82, 2.24) is 9.88 Å². The second-order valence-corrected chi connectivity index (χ2v) is 7.01. The third-order valence-corrected chi connectivity index (χ3v) is 4.69. The topological polar surface area (TPSA) is 80.2 Å². The molecule has 0 unspecified atom stereocenters. The van der Waals surface area contributed by atoms with Crippen LogP contribution in [0.1, 0.15) is 9.67 Å². The lowest BCUT2D eigenvalue weighted by molar-refractivity contribution is -0.115. The summed E-state index contributed by atoms with van der Waals surface area (Å²) in [6.45, 7) is -0.158. The van der Waals surface area contributed by atoms with Crippen LogP contribution in [0.5, 0.6) is 0 Å². The van der Waals surface area contributed by atoms with Crippen LogP contribution in [0.25, 0.3) is 5.69 Å². The number of benzene rings is 1. The van der Waals surface area contributed by atoms with Gasteiger partial charge in [-0.2, -0.15) is 0 Å². The summed E-state index contributed by atoms with van der Waals surface area (Å²) in [5.41, 5.74) is 1.12. The van der Waals surface area contributed by atoms with Crippen molar-refractivity contribution in [2.75, 3.05) is 11.9 Å². The summed E-state index contributed by atoms with van der Waals surface area (Å²) >= 11 is 6.93. The molecule has 2 heterocycles. The first-order valence-corrected chi connectivity index (χ1v) is 8.84. The van der Waals surface area contributed by atoms with E-state index >= 15 is 0 Å². The van der Waals surface area contributed by atoms with E-state index in [1.165, 1.54) is 10.6 Å². The van der Waals surface area contributed by atoms with E-state index in [0.29, 0.717) is 20.6 Å². The van der Waals surface area contributed by atoms with Crippen LogP contribution in [0.15, 0.2) is 65.6 Å². The molecule has 132 valence electrons. The van der Waals surface area contributed by atoms with Gasteiger partial charge in [-0.3, -0.25) is 19.0 Å². The average Bonchev–Trinajstić information content (AvgIpc) is 3.07. The first-order valence-electron chi connectivity index (χ1n) is 7.64. The Labute approximate surface area is 158 Å². The van der Waals surface area contributed by atoms with Crippen molar-refractivity contribution < 1.29 is 9.59 Å². The summed E-state index contributed by atoms with van der Waals surface area (Å²) < 4.78 is 2.01. The highest BCUT2D eigenvalue weighted by molar-refractivity contribution is 7.18. The first-order chi connectivity index (χ1) is 12.5. The minimum absolute atomic E-state index is 0.138. The van der Waals surface area contributed by atoms with Gasteiger partial charge in [0.1, 0.15) is 0 Å². The number of amides is 2. The van der Waals surface area contributed by atoms with Gasteiger partial charge in [0.05, 0.1) is 15.8 Å². The Morgan fingerprint density at radius 2 is 1.81 bits per heavy atom. The van der Waals surface area contributed by atoms with E-state index in [1.54, 1.807) is 54.7 Å². The van der Waals surface area contributed by atoms with Gasteiger partial charge in [-0.25, -0.2) is 0 Å². The van der Waals surface area contributed by atoms with Crippen LogP contribution in [0.2, 0.25) is 4.34 Å². The Bertz CT molecular complexity index is 995. The Balaban J connectivity index is 1.57. The van der Waals surface area contributed by atoms with Crippen LogP contribution in [0, 0.1) is 0 Å². The van der Waals surface area contributed by atoms with E-state index in [1.807, 2.05) is 0 Å². The van der Waals surface area contributed by atoms with Crippen LogP contribution >= 0.6 is 22.9 Å². The fourth-order valence-electron chi connectivity index (χ4n) is 2.24. The molecule has 26 heavy (non-hydrogen) atoms. The molecular formula is C18H14ClN3O3S. The molecule has 0 bridgehead atoms. The maximum atomic E-state index is 12.0. The highest BCUT2D eigenvalue weighted by Gasteiger charge is 2.10. The number of nitrogens with zero attached hydrogens (tertiary/aromatic N) is 1. The van der Waals surface area contributed by atoms with Crippen LogP contribution < -0.4 is 16.2 Å². The first kappa shape index (κ1) is 17.9. The summed E-state index contributed by atoms with van der Waals surface area (Å²) in [5.74, 6) is -0.707. The fraction of sp³-hybridized carbons (Fsp3) is 0.0556. The van der Waals surface area contributed by atoms with Gasteiger partial charge in [0.15, 0.2) is 0 Å². The quantitative estimate of drug-likeness (QED) is 0.706. The Hall–Kier alpha value is -2.90. The molecule has 2 N–H and O–H groups in total. The molecule has 1 aromatic carbocycles. The third kappa shape index (κ3) is 4.38. The molecule has 0 saturated heterocycles. The monoisotopic (exact) mass is 387 g/mol. The van der Waals surface area contributed by atoms with Gasteiger partial charge < -0.3 is 10.6 Å². The minimum Gasteiger partial charge on any atom is -0.342 e. The van der Waals surface area contributed by atoms with Gasteiger partial charge in [-0.1, -0.05) is 17.7 Å². The van der Waals surface area contributed by atoms with Crippen molar-refractivity contribution in [1.29, 1.82) is 0 Å². The number of hydrogen-bond donors (Lipinski definition) is 2. The number of halogens is 1. The maximum absolute atomic E-state index is 12.0. The van der Waals surface area contributed by atoms with E-state index < -0.39 is 0 Å². The molecule has 0 saturated carbocycles. The van der Waals surface area contributed by atoms with Crippen molar-refractivity contribution in [3.8, 4) is 5.69 Å². The fourth-order valence-corrected chi connectivity index (χ4v) is 3.19. The number of hydrogen-bond acceptors (Lipinski definition) is 4. The van der Waals surface area contributed by atoms with E-state index in [2.05, 4.69) is 10.6 Å². The Morgan fingerprint density at radius 1 is 1.04 bits per heavy atom. The number of anilines is 1. The van der Waals surface area contributed by atoms with Gasteiger partial charge in [0.25, 0.3) is 11.5 Å². The van der Waals surface area contributed by atoms with Gasteiger partial charge in [0.2, 0.25) is 5.91 Å². The van der Waals surface area contributed by atoms with Crippen molar-refractivity contribution in [3.63, 3.8) is 0 Å². The average molecular weight is 388 g/mol. The smallest absolute Gasteiger partial charge is 0.261 e. The SMILES string of the molecule is O=C(CNC(=O)c1ccc(Cl)s1)Nc1ccc(-n2ccccc2=O)cc1.